The highest BCUT2D eigenvalue weighted by Crippen LogP contribution is 2.22. The van der Waals surface area contributed by atoms with Crippen molar-refractivity contribution in [3.63, 3.8) is 0 Å². The molecule has 2 aromatic rings. The molecular formula is C16H18F2N2O4S2. The van der Waals surface area contributed by atoms with Crippen LogP contribution >= 0.6 is 0 Å². The van der Waals surface area contributed by atoms with E-state index in [1.807, 2.05) is 0 Å². The maximum Gasteiger partial charge on any atom is 0.238 e. The number of sulfonamides is 1. The van der Waals surface area contributed by atoms with E-state index < -0.39 is 31.5 Å². The van der Waals surface area contributed by atoms with Gasteiger partial charge in [0, 0.05) is 30.6 Å². The van der Waals surface area contributed by atoms with Gasteiger partial charge in [-0.3, -0.25) is 0 Å². The maximum atomic E-state index is 13.9. The van der Waals surface area contributed by atoms with Crippen molar-refractivity contribution in [3.8, 4) is 0 Å². The minimum absolute atomic E-state index is 0.0265. The van der Waals surface area contributed by atoms with Crippen LogP contribution in [0.25, 0.3) is 0 Å². The third kappa shape index (κ3) is 5.48. The molecule has 0 saturated heterocycles. The number of nitrogens with zero attached hydrogens (tertiary/aromatic N) is 1. The Morgan fingerprint density at radius 3 is 1.96 bits per heavy atom. The predicted molar refractivity (Wildman–Crippen MR) is 94.9 cm³/mol. The summed E-state index contributed by atoms with van der Waals surface area (Å²) in [4.78, 5) is 1.33. The van der Waals surface area contributed by atoms with Crippen molar-refractivity contribution in [2.24, 2.45) is 5.14 Å². The quantitative estimate of drug-likeness (QED) is 0.757. The molecule has 10 heteroatoms. The topological polar surface area (TPSA) is 97.5 Å². The number of primary sulfonamides is 1. The van der Waals surface area contributed by atoms with Crippen LogP contribution in [0.4, 0.5) is 14.5 Å². The standard InChI is InChI=1S/C16H18F2N2O4S2/c1-25(21,22)10-9-20(11-14-15(17)3-2-4-16(14)18)12-5-7-13(8-6-12)26(19,23)24/h2-8H,9-11H2,1H3,(H2,19,23,24). The van der Waals surface area contributed by atoms with E-state index in [-0.39, 0.29) is 29.3 Å². The lowest BCUT2D eigenvalue weighted by Gasteiger charge is -2.25. The van der Waals surface area contributed by atoms with Gasteiger partial charge in [-0.15, -0.1) is 0 Å². The summed E-state index contributed by atoms with van der Waals surface area (Å²) in [6.07, 6.45) is 1.05. The lowest BCUT2D eigenvalue weighted by atomic mass is 10.1. The molecule has 142 valence electrons. The van der Waals surface area contributed by atoms with Gasteiger partial charge in [0.25, 0.3) is 0 Å². The normalized spacial score (nSPS) is 12.2. The van der Waals surface area contributed by atoms with Gasteiger partial charge in [0.15, 0.2) is 0 Å². The van der Waals surface area contributed by atoms with Crippen molar-refractivity contribution >= 4 is 25.5 Å². The fraction of sp³-hybridized carbons (Fsp3) is 0.250. The van der Waals surface area contributed by atoms with Crippen LogP contribution in [0, 0.1) is 11.6 Å². The van der Waals surface area contributed by atoms with Crippen LogP contribution < -0.4 is 10.0 Å². The molecule has 0 spiro atoms. The number of hydrogen-bond acceptors (Lipinski definition) is 5. The number of benzene rings is 2. The Hall–Kier alpha value is -2.04. The third-order valence-electron chi connectivity index (χ3n) is 3.67. The lowest BCUT2D eigenvalue weighted by Crippen LogP contribution is -2.29. The average Bonchev–Trinajstić information content (AvgIpc) is 2.52. The first-order valence-corrected chi connectivity index (χ1v) is 11.1. The second-order valence-electron chi connectivity index (χ2n) is 5.79. The Kier molecular flexibility index (Phi) is 5.99. The Bertz CT molecular complexity index is 971. The van der Waals surface area contributed by atoms with Gasteiger partial charge in [0.05, 0.1) is 10.6 Å². The second kappa shape index (κ2) is 7.68. The molecule has 2 aromatic carbocycles. The number of rotatable bonds is 7. The number of hydrogen-bond donors (Lipinski definition) is 1. The molecule has 0 unspecified atom stereocenters. The molecule has 0 aliphatic heterocycles. The van der Waals surface area contributed by atoms with Crippen molar-refractivity contribution in [1.82, 2.24) is 0 Å². The fourth-order valence-electron chi connectivity index (χ4n) is 2.30. The predicted octanol–water partition coefficient (Wildman–Crippen LogP) is 1.66. The molecule has 26 heavy (non-hydrogen) atoms. The van der Waals surface area contributed by atoms with Crippen molar-refractivity contribution in [2.45, 2.75) is 11.4 Å². The molecule has 0 atom stereocenters. The summed E-state index contributed by atoms with van der Waals surface area (Å²) in [5.74, 6) is -1.74. The van der Waals surface area contributed by atoms with E-state index >= 15 is 0 Å². The van der Waals surface area contributed by atoms with Gasteiger partial charge in [-0.25, -0.2) is 30.8 Å². The van der Waals surface area contributed by atoms with Crippen LogP contribution in [-0.2, 0) is 26.4 Å². The fourth-order valence-corrected chi connectivity index (χ4v) is 3.36. The summed E-state index contributed by atoms with van der Waals surface area (Å²) in [6.45, 7) is -0.246. The van der Waals surface area contributed by atoms with Gasteiger partial charge < -0.3 is 4.90 Å². The smallest absolute Gasteiger partial charge is 0.238 e. The first-order chi connectivity index (χ1) is 12.0. The monoisotopic (exact) mass is 404 g/mol. The summed E-state index contributed by atoms with van der Waals surface area (Å²) in [7, 11) is -7.20. The van der Waals surface area contributed by atoms with Crippen molar-refractivity contribution in [1.29, 1.82) is 0 Å². The molecule has 0 aliphatic carbocycles. The minimum atomic E-state index is -3.89. The van der Waals surface area contributed by atoms with Gasteiger partial charge >= 0.3 is 0 Å². The number of anilines is 1. The summed E-state index contributed by atoms with van der Waals surface area (Å²) in [5, 5.41) is 5.04. The van der Waals surface area contributed by atoms with Crippen LogP contribution in [0.5, 0.6) is 0 Å². The van der Waals surface area contributed by atoms with E-state index in [1.165, 1.54) is 35.2 Å². The Morgan fingerprint density at radius 1 is 0.962 bits per heavy atom. The van der Waals surface area contributed by atoms with E-state index in [4.69, 9.17) is 5.14 Å². The van der Waals surface area contributed by atoms with Crippen molar-refractivity contribution < 1.29 is 25.6 Å². The van der Waals surface area contributed by atoms with E-state index in [2.05, 4.69) is 0 Å². The molecule has 2 rings (SSSR count). The average molecular weight is 404 g/mol. The van der Waals surface area contributed by atoms with Crippen LogP contribution in [0.3, 0.4) is 0 Å². The lowest BCUT2D eigenvalue weighted by molar-refractivity contribution is 0.550. The largest absolute Gasteiger partial charge is 0.366 e. The van der Waals surface area contributed by atoms with Crippen molar-refractivity contribution in [2.75, 3.05) is 23.5 Å². The summed E-state index contributed by atoms with van der Waals surface area (Å²) >= 11 is 0. The SMILES string of the molecule is CS(=O)(=O)CCN(Cc1c(F)cccc1F)c1ccc(S(N)(=O)=O)cc1. The highest BCUT2D eigenvalue weighted by atomic mass is 32.2. The molecule has 0 aliphatic rings. The molecule has 0 saturated carbocycles. The van der Waals surface area contributed by atoms with Crippen LogP contribution in [-0.4, -0.2) is 35.4 Å². The van der Waals surface area contributed by atoms with Gasteiger partial charge in [-0.2, -0.15) is 0 Å². The first kappa shape index (κ1) is 20.3. The second-order valence-corrected chi connectivity index (χ2v) is 9.61. The molecule has 0 fully saturated rings. The Balaban J connectivity index is 2.37. The Morgan fingerprint density at radius 2 is 1.50 bits per heavy atom. The molecule has 0 heterocycles. The van der Waals surface area contributed by atoms with Crippen LogP contribution in [0.15, 0.2) is 47.4 Å². The van der Waals surface area contributed by atoms with Crippen LogP contribution in [0.2, 0.25) is 0 Å². The third-order valence-corrected chi connectivity index (χ3v) is 5.53. The number of sulfone groups is 1. The highest BCUT2D eigenvalue weighted by molar-refractivity contribution is 7.90. The number of nitrogens with two attached hydrogens (primary N) is 1. The zero-order valence-corrected chi connectivity index (χ0v) is 15.5. The molecule has 0 amide bonds. The van der Waals surface area contributed by atoms with E-state index in [0.29, 0.717) is 5.69 Å². The van der Waals surface area contributed by atoms with Gasteiger partial charge in [0.1, 0.15) is 21.5 Å². The van der Waals surface area contributed by atoms with Crippen molar-refractivity contribution in [3.05, 3.63) is 59.7 Å². The maximum absolute atomic E-state index is 13.9. The van der Waals surface area contributed by atoms with Gasteiger partial charge in [-0.05, 0) is 36.4 Å². The van der Waals surface area contributed by atoms with E-state index in [9.17, 15) is 25.6 Å². The molecular weight excluding hydrogens is 386 g/mol. The van der Waals surface area contributed by atoms with Gasteiger partial charge in [-0.1, -0.05) is 6.07 Å². The van der Waals surface area contributed by atoms with Gasteiger partial charge in [0.2, 0.25) is 10.0 Å². The first-order valence-electron chi connectivity index (χ1n) is 7.46. The van der Waals surface area contributed by atoms with Crippen LogP contribution in [0.1, 0.15) is 5.56 Å². The minimum Gasteiger partial charge on any atom is -0.366 e. The summed E-state index contributed by atoms with van der Waals surface area (Å²) in [5.41, 5.74) is 0.195. The Labute approximate surface area is 151 Å². The molecule has 6 nitrogen and oxygen atoms in total. The summed E-state index contributed by atoms with van der Waals surface area (Å²) < 4.78 is 73.5. The van der Waals surface area contributed by atoms with E-state index in [1.54, 1.807) is 0 Å². The highest BCUT2D eigenvalue weighted by Gasteiger charge is 2.17. The zero-order chi connectivity index (χ0) is 19.5. The molecule has 2 N–H and O–H groups in total. The number of halogens is 2. The van der Waals surface area contributed by atoms with E-state index in [0.717, 1.165) is 18.4 Å². The molecule has 0 radical (unpaired) electrons. The molecule has 0 aromatic heterocycles. The summed E-state index contributed by atoms with van der Waals surface area (Å²) in [6, 6.07) is 8.75. The molecule has 0 bridgehead atoms. The zero-order valence-electron chi connectivity index (χ0n) is 13.9.